The summed E-state index contributed by atoms with van der Waals surface area (Å²) in [5, 5.41) is 9.35. The minimum Gasteiger partial charge on any atom is -0.481 e. The number of carbonyl (C=O) groups is 1. The van der Waals surface area contributed by atoms with Gasteiger partial charge in [0.1, 0.15) is 5.75 Å². The van der Waals surface area contributed by atoms with Crippen molar-refractivity contribution in [2.45, 2.75) is 24.9 Å². The number of halogens is 1. The zero-order valence-corrected chi connectivity index (χ0v) is 10.6. The Morgan fingerprint density at radius 2 is 2.18 bits per heavy atom. The van der Waals surface area contributed by atoms with Crippen LogP contribution in [0.2, 0.25) is 0 Å². The van der Waals surface area contributed by atoms with E-state index in [2.05, 4.69) is 15.9 Å². The lowest BCUT2D eigenvalue weighted by Crippen LogP contribution is -2.23. The van der Waals surface area contributed by atoms with Crippen LogP contribution in [-0.4, -0.2) is 17.9 Å². The molecule has 0 amide bonds. The molecule has 1 aliphatic carbocycles. The van der Waals surface area contributed by atoms with Gasteiger partial charge in [0.2, 0.25) is 0 Å². The van der Waals surface area contributed by atoms with Gasteiger partial charge in [0.15, 0.2) is 6.79 Å². The summed E-state index contributed by atoms with van der Waals surface area (Å²) in [6.07, 6.45) is 1.35. The highest BCUT2D eigenvalue weighted by Crippen LogP contribution is 2.53. The van der Waals surface area contributed by atoms with Crippen LogP contribution >= 0.6 is 15.9 Å². The van der Waals surface area contributed by atoms with Crippen LogP contribution in [0.3, 0.4) is 0 Å². The summed E-state index contributed by atoms with van der Waals surface area (Å²) in [6.45, 7) is 0.662. The Kier molecular flexibility index (Phi) is 2.41. The molecule has 2 aliphatic rings. The fourth-order valence-electron chi connectivity index (χ4n) is 2.26. The number of carboxylic acid groups (broad SMARTS) is 1. The van der Waals surface area contributed by atoms with Crippen molar-refractivity contribution in [3.8, 4) is 5.75 Å². The van der Waals surface area contributed by atoms with Crippen molar-refractivity contribution >= 4 is 21.9 Å². The van der Waals surface area contributed by atoms with Crippen molar-refractivity contribution < 1.29 is 19.4 Å². The number of hydrogen-bond acceptors (Lipinski definition) is 3. The second-order valence-electron chi connectivity index (χ2n) is 4.44. The first-order chi connectivity index (χ1) is 8.13. The maximum atomic E-state index is 11.4. The molecule has 5 heteroatoms. The molecule has 17 heavy (non-hydrogen) atoms. The molecular formula is C12H11BrO4. The Morgan fingerprint density at radius 3 is 2.82 bits per heavy atom. The summed E-state index contributed by atoms with van der Waals surface area (Å²) in [4.78, 5) is 11.4. The van der Waals surface area contributed by atoms with Crippen LogP contribution in [0.25, 0.3) is 0 Å². The maximum absolute atomic E-state index is 11.4. The first kappa shape index (κ1) is 11.0. The monoisotopic (exact) mass is 298 g/mol. The zero-order chi connectivity index (χ0) is 12.0. The van der Waals surface area contributed by atoms with Crippen LogP contribution in [0.5, 0.6) is 5.75 Å². The average Bonchev–Trinajstić information content (AvgIpc) is 3.09. The normalized spacial score (nSPS) is 20.3. The molecule has 1 aromatic carbocycles. The molecule has 0 spiro atoms. The van der Waals surface area contributed by atoms with Gasteiger partial charge in [-0.1, -0.05) is 15.9 Å². The third-order valence-electron chi connectivity index (χ3n) is 3.35. The van der Waals surface area contributed by atoms with Crippen molar-refractivity contribution in [3.05, 3.63) is 27.7 Å². The van der Waals surface area contributed by atoms with E-state index in [-0.39, 0.29) is 6.79 Å². The number of fused-ring (bicyclic) bond motifs is 1. The van der Waals surface area contributed by atoms with Gasteiger partial charge in [-0.3, -0.25) is 4.79 Å². The van der Waals surface area contributed by atoms with Gasteiger partial charge in [-0.05, 0) is 25.0 Å². The van der Waals surface area contributed by atoms with Gasteiger partial charge >= 0.3 is 5.97 Å². The van der Waals surface area contributed by atoms with Crippen LogP contribution in [-0.2, 0) is 21.6 Å². The highest BCUT2D eigenvalue weighted by Gasteiger charge is 2.54. The third-order valence-corrected chi connectivity index (χ3v) is 3.81. The molecule has 1 saturated carbocycles. The van der Waals surface area contributed by atoms with E-state index < -0.39 is 11.4 Å². The van der Waals surface area contributed by atoms with Crippen LogP contribution < -0.4 is 4.74 Å². The quantitative estimate of drug-likeness (QED) is 0.911. The predicted molar refractivity (Wildman–Crippen MR) is 63.0 cm³/mol. The van der Waals surface area contributed by atoms with Crippen molar-refractivity contribution in [2.75, 3.05) is 6.79 Å². The fraction of sp³-hybridized carbons (Fsp3) is 0.417. The van der Waals surface area contributed by atoms with E-state index in [1.807, 2.05) is 12.1 Å². The summed E-state index contributed by atoms with van der Waals surface area (Å²) in [7, 11) is 0. The molecule has 3 rings (SSSR count). The van der Waals surface area contributed by atoms with Gasteiger partial charge in [0.25, 0.3) is 0 Å². The highest BCUT2D eigenvalue weighted by atomic mass is 79.9. The van der Waals surface area contributed by atoms with Crippen LogP contribution in [0.4, 0.5) is 0 Å². The van der Waals surface area contributed by atoms with Gasteiger partial charge in [0.05, 0.1) is 12.0 Å². The number of aliphatic carboxylic acids is 1. The largest absolute Gasteiger partial charge is 0.481 e. The van der Waals surface area contributed by atoms with E-state index in [1.165, 1.54) is 0 Å². The molecule has 1 aliphatic heterocycles. The van der Waals surface area contributed by atoms with E-state index in [0.29, 0.717) is 25.2 Å². The summed E-state index contributed by atoms with van der Waals surface area (Å²) in [5.74, 6) is -0.0766. The summed E-state index contributed by atoms with van der Waals surface area (Å²) < 4.78 is 11.6. The molecule has 0 unspecified atom stereocenters. The molecule has 1 aromatic rings. The Bertz CT molecular complexity index is 494. The van der Waals surface area contributed by atoms with E-state index in [4.69, 9.17) is 9.47 Å². The molecule has 90 valence electrons. The van der Waals surface area contributed by atoms with E-state index >= 15 is 0 Å². The maximum Gasteiger partial charge on any atom is 0.314 e. The molecule has 0 atom stereocenters. The van der Waals surface area contributed by atoms with Crippen molar-refractivity contribution in [1.82, 2.24) is 0 Å². The number of rotatable bonds is 2. The van der Waals surface area contributed by atoms with Crippen molar-refractivity contribution in [2.24, 2.45) is 0 Å². The lowest BCUT2D eigenvalue weighted by molar-refractivity contribution is -0.140. The second kappa shape index (κ2) is 3.71. The van der Waals surface area contributed by atoms with Crippen molar-refractivity contribution in [3.63, 3.8) is 0 Å². The lowest BCUT2D eigenvalue weighted by Gasteiger charge is -2.23. The minimum absolute atomic E-state index is 0.192. The highest BCUT2D eigenvalue weighted by molar-refractivity contribution is 9.10. The summed E-state index contributed by atoms with van der Waals surface area (Å²) in [5.41, 5.74) is 0.941. The molecule has 1 heterocycles. The Labute approximate surface area is 107 Å². The molecule has 1 N–H and O–H groups in total. The molecule has 1 fully saturated rings. The lowest BCUT2D eigenvalue weighted by atomic mass is 9.93. The number of carboxylic acids is 1. The second-order valence-corrected chi connectivity index (χ2v) is 5.36. The van der Waals surface area contributed by atoms with E-state index in [1.54, 1.807) is 0 Å². The fourth-order valence-corrected chi connectivity index (χ4v) is 2.76. The first-order valence-corrected chi connectivity index (χ1v) is 6.20. The summed E-state index contributed by atoms with van der Waals surface area (Å²) >= 11 is 3.41. The SMILES string of the molecule is O=C(O)C1(c2cc(Br)cc3c2OCOC3)CC1. The Balaban J connectivity index is 2.16. The summed E-state index contributed by atoms with van der Waals surface area (Å²) in [6, 6.07) is 3.77. The van der Waals surface area contributed by atoms with Gasteiger partial charge in [0, 0.05) is 15.6 Å². The first-order valence-electron chi connectivity index (χ1n) is 5.40. The molecule has 0 aromatic heterocycles. The third kappa shape index (κ3) is 1.65. The van der Waals surface area contributed by atoms with E-state index in [9.17, 15) is 9.90 Å². The topological polar surface area (TPSA) is 55.8 Å². The number of hydrogen-bond donors (Lipinski definition) is 1. The predicted octanol–water partition coefficient (Wildman–Crippen LogP) is 2.43. The number of benzene rings is 1. The zero-order valence-electron chi connectivity index (χ0n) is 9.03. The van der Waals surface area contributed by atoms with Crippen LogP contribution in [0.1, 0.15) is 24.0 Å². The molecular weight excluding hydrogens is 288 g/mol. The van der Waals surface area contributed by atoms with Gasteiger partial charge < -0.3 is 14.6 Å². The average molecular weight is 299 g/mol. The van der Waals surface area contributed by atoms with Gasteiger partial charge in [-0.25, -0.2) is 0 Å². The molecule has 4 nitrogen and oxygen atoms in total. The van der Waals surface area contributed by atoms with E-state index in [0.717, 1.165) is 15.6 Å². The standard InChI is InChI=1S/C12H11BrO4/c13-8-3-7-5-16-6-17-10(7)9(4-8)12(1-2-12)11(14)15/h3-4H,1-2,5-6H2,(H,14,15). The smallest absolute Gasteiger partial charge is 0.314 e. The van der Waals surface area contributed by atoms with Crippen molar-refractivity contribution in [1.29, 1.82) is 0 Å². The minimum atomic E-state index is -0.770. The Morgan fingerprint density at radius 1 is 1.41 bits per heavy atom. The van der Waals surface area contributed by atoms with Gasteiger partial charge in [-0.15, -0.1) is 0 Å². The number of ether oxygens (including phenoxy) is 2. The Hall–Kier alpha value is -1.07. The van der Waals surface area contributed by atoms with Crippen LogP contribution in [0.15, 0.2) is 16.6 Å². The van der Waals surface area contributed by atoms with Gasteiger partial charge in [-0.2, -0.15) is 0 Å². The molecule has 0 bridgehead atoms. The van der Waals surface area contributed by atoms with Crippen LogP contribution in [0, 0.1) is 0 Å². The molecule has 0 saturated heterocycles. The molecule has 0 radical (unpaired) electrons.